The van der Waals surface area contributed by atoms with E-state index in [4.69, 9.17) is 4.74 Å². The lowest BCUT2D eigenvalue weighted by Gasteiger charge is -1.98. The highest BCUT2D eigenvalue weighted by molar-refractivity contribution is 5.69. The van der Waals surface area contributed by atoms with Crippen LogP contribution in [0.1, 0.15) is 19.0 Å². The van der Waals surface area contributed by atoms with Crippen LogP contribution >= 0.6 is 0 Å². The molecule has 4 heteroatoms. The standard InChI is InChI=1S/C12H14N2O2/c1-2-16-12(15)7-6-10-9-14-8-4-3-5-11(14)13-10/h3-5,8-9H,2,6-7H2,1H3. The smallest absolute Gasteiger partial charge is 0.306 e. The van der Waals surface area contributed by atoms with Crippen LogP contribution in [0.2, 0.25) is 0 Å². The highest BCUT2D eigenvalue weighted by atomic mass is 16.5. The number of carbonyl (C=O) groups is 1. The lowest BCUT2D eigenvalue weighted by Crippen LogP contribution is -2.05. The third-order valence-corrected chi connectivity index (χ3v) is 2.30. The molecule has 0 N–H and O–H groups in total. The fourth-order valence-electron chi connectivity index (χ4n) is 1.57. The molecular weight excluding hydrogens is 204 g/mol. The predicted molar refractivity (Wildman–Crippen MR) is 60.1 cm³/mol. The summed E-state index contributed by atoms with van der Waals surface area (Å²) in [6.07, 6.45) is 4.89. The molecule has 0 radical (unpaired) electrons. The van der Waals surface area contributed by atoms with E-state index in [1.807, 2.05) is 41.9 Å². The lowest BCUT2D eigenvalue weighted by atomic mass is 10.2. The Kier molecular flexibility index (Phi) is 3.19. The number of hydrogen-bond acceptors (Lipinski definition) is 3. The fourth-order valence-corrected chi connectivity index (χ4v) is 1.57. The van der Waals surface area contributed by atoms with Crippen molar-refractivity contribution in [1.29, 1.82) is 0 Å². The molecule has 0 aromatic carbocycles. The molecule has 0 saturated heterocycles. The second-order valence-electron chi connectivity index (χ2n) is 3.50. The second-order valence-corrected chi connectivity index (χ2v) is 3.50. The van der Waals surface area contributed by atoms with Gasteiger partial charge >= 0.3 is 5.97 Å². The monoisotopic (exact) mass is 218 g/mol. The molecule has 0 bridgehead atoms. The summed E-state index contributed by atoms with van der Waals surface area (Å²) in [7, 11) is 0. The molecule has 4 nitrogen and oxygen atoms in total. The van der Waals surface area contributed by atoms with E-state index >= 15 is 0 Å². The van der Waals surface area contributed by atoms with Gasteiger partial charge in [0.25, 0.3) is 0 Å². The third-order valence-electron chi connectivity index (χ3n) is 2.30. The van der Waals surface area contributed by atoms with Crippen LogP contribution < -0.4 is 0 Å². The third kappa shape index (κ3) is 2.39. The zero-order valence-corrected chi connectivity index (χ0v) is 9.22. The van der Waals surface area contributed by atoms with E-state index in [-0.39, 0.29) is 5.97 Å². The maximum absolute atomic E-state index is 11.2. The minimum Gasteiger partial charge on any atom is -0.466 e. The molecule has 2 aromatic heterocycles. The van der Waals surface area contributed by atoms with Crippen molar-refractivity contribution in [2.45, 2.75) is 19.8 Å². The molecule has 0 aliphatic carbocycles. The lowest BCUT2D eigenvalue weighted by molar-refractivity contribution is -0.143. The maximum atomic E-state index is 11.2. The van der Waals surface area contributed by atoms with Crippen molar-refractivity contribution in [3.8, 4) is 0 Å². The summed E-state index contributed by atoms with van der Waals surface area (Å²) >= 11 is 0. The zero-order chi connectivity index (χ0) is 11.4. The van der Waals surface area contributed by atoms with Crippen molar-refractivity contribution in [2.24, 2.45) is 0 Å². The molecular formula is C12H14N2O2. The Morgan fingerprint density at radius 3 is 3.12 bits per heavy atom. The minimum absolute atomic E-state index is 0.167. The quantitative estimate of drug-likeness (QED) is 0.735. The van der Waals surface area contributed by atoms with Crippen LogP contribution in [0.4, 0.5) is 0 Å². The van der Waals surface area contributed by atoms with Crippen molar-refractivity contribution >= 4 is 11.6 Å². The first kappa shape index (κ1) is 10.7. The zero-order valence-electron chi connectivity index (χ0n) is 9.22. The number of esters is 1. The largest absolute Gasteiger partial charge is 0.466 e. The Morgan fingerprint density at radius 2 is 2.38 bits per heavy atom. The van der Waals surface area contributed by atoms with E-state index in [0.717, 1.165) is 11.3 Å². The average Bonchev–Trinajstić information content (AvgIpc) is 2.69. The van der Waals surface area contributed by atoms with Crippen LogP contribution in [-0.4, -0.2) is 22.0 Å². The van der Waals surface area contributed by atoms with Crippen LogP contribution in [0.25, 0.3) is 5.65 Å². The fraction of sp³-hybridized carbons (Fsp3) is 0.333. The Morgan fingerprint density at radius 1 is 1.50 bits per heavy atom. The summed E-state index contributed by atoms with van der Waals surface area (Å²) in [5.74, 6) is -0.167. The Hall–Kier alpha value is -1.84. The van der Waals surface area contributed by atoms with Gasteiger partial charge in [-0.1, -0.05) is 6.07 Å². The Labute approximate surface area is 93.9 Å². The van der Waals surface area contributed by atoms with E-state index in [1.54, 1.807) is 0 Å². The highest BCUT2D eigenvalue weighted by Crippen LogP contribution is 2.06. The molecule has 0 unspecified atom stereocenters. The highest BCUT2D eigenvalue weighted by Gasteiger charge is 2.05. The number of hydrogen-bond donors (Lipinski definition) is 0. The molecule has 0 aliphatic rings. The van der Waals surface area contributed by atoms with Crippen LogP contribution in [0.15, 0.2) is 30.6 Å². The van der Waals surface area contributed by atoms with Gasteiger partial charge in [-0.15, -0.1) is 0 Å². The van der Waals surface area contributed by atoms with Crippen LogP contribution in [-0.2, 0) is 16.0 Å². The molecule has 2 aromatic rings. The van der Waals surface area contributed by atoms with Crippen molar-refractivity contribution in [2.75, 3.05) is 6.61 Å². The van der Waals surface area contributed by atoms with Gasteiger partial charge in [-0.25, -0.2) is 4.98 Å². The first-order valence-electron chi connectivity index (χ1n) is 5.38. The number of aryl methyl sites for hydroxylation is 1. The number of aromatic nitrogens is 2. The van der Waals surface area contributed by atoms with Crippen LogP contribution in [0, 0.1) is 0 Å². The SMILES string of the molecule is CCOC(=O)CCc1cn2ccccc2n1. The van der Waals surface area contributed by atoms with Crippen molar-refractivity contribution < 1.29 is 9.53 Å². The number of imidazole rings is 1. The van der Waals surface area contributed by atoms with Crippen molar-refractivity contribution in [3.63, 3.8) is 0 Å². The van der Waals surface area contributed by atoms with Gasteiger partial charge in [-0.2, -0.15) is 0 Å². The van der Waals surface area contributed by atoms with Gasteiger partial charge in [0.05, 0.1) is 18.7 Å². The molecule has 0 atom stereocenters. The summed E-state index contributed by atoms with van der Waals surface area (Å²) in [6, 6.07) is 5.83. The molecule has 16 heavy (non-hydrogen) atoms. The van der Waals surface area contributed by atoms with Gasteiger partial charge in [0.2, 0.25) is 0 Å². The summed E-state index contributed by atoms with van der Waals surface area (Å²) in [5, 5.41) is 0. The van der Waals surface area contributed by atoms with E-state index in [1.165, 1.54) is 0 Å². The summed E-state index contributed by atoms with van der Waals surface area (Å²) in [6.45, 7) is 2.24. The summed E-state index contributed by atoms with van der Waals surface area (Å²) in [4.78, 5) is 15.6. The van der Waals surface area contributed by atoms with Gasteiger partial charge in [0.1, 0.15) is 5.65 Å². The van der Waals surface area contributed by atoms with Crippen LogP contribution in [0.5, 0.6) is 0 Å². The van der Waals surface area contributed by atoms with E-state index in [0.29, 0.717) is 19.4 Å². The molecule has 0 fully saturated rings. The average molecular weight is 218 g/mol. The Bertz CT molecular complexity index is 457. The number of pyridine rings is 1. The molecule has 0 aliphatic heterocycles. The van der Waals surface area contributed by atoms with Crippen molar-refractivity contribution in [3.05, 3.63) is 36.3 Å². The number of fused-ring (bicyclic) bond motifs is 1. The summed E-state index contributed by atoms with van der Waals surface area (Å²) < 4.78 is 6.81. The normalized spacial score (nSPS) is 10.6. The topological polar surface area (TPSA) is 43.6 Å². The van der Waals surface area contributed by atoms with Gasteiger partial charge in [0.15, 0.2) is 0 Å². The van der Waals surface area contributed by atoms with Gasteiger partial charge < -0.3 is 9.14 Å². The molecule has 2 heterocycles. The van der Waals surface area contributed by atoms with Gasteiger partial charge in [0, 0.05) is 18.8 Å². The maximum Gasteiger partial charge on any atom is 0.306 e. The summed E-state index contributed by atoms with van der Waals surface area (Å²) in [5.41, 5.74) is 1.82. The molecule has 0 spiro atoms. The van der Waals surface area contributed by atoms with E-state index in [9.17, 15) is 4.79 Å². The first-order valence-corrected chi connectivity index (χ1v) is 5.38. The number of rotatable bonds is 4. The molecule has 0 amide bonds. The first-order chi connectivity index (χ1) is 7.79. The molecule has 84 valence electrons. The Balaban J connectivity index is 2.02. The van der Waals surface area contributed by atoms with E-state index < -0.39 is 0 Å². The number of ether oxygens (including phenoxy) is 1. The van der Waals surface area contributed by atoms with Gasteiger partial charge in [-0.05, 0) is 19.1 Å². The van der Waals surface area contributed by atoms with Crippen molar-refractivity contribution in [1.82, 2.24) is 9.38 Å². The predicted octanol–water partition coefficient (Wildman–Crippen LogP) is 1.83. The molecule has 0 saturated carbocycles. The molecule has 2 rings (SSSR count). The van der Waals surface area contributed by atoms with E-state index in [2.05, 4.69) is 4.98 Å². The minimum atomic E-state index is -0.167. The van der Waals surface area contributed by atoms with Crippen LogP contribution in [0.3, 0.4) is 0 Å². The number of nitrogens with zero attached hydrogens (tertiary/aromatic N) is 2. The second kappa shape index (κ2) is 4.79. The number of carbonyl (C=O) groups excluding carboxylic acids is 1. The van der Waals surface area contributed by atoms with Gasteiger partial charge in [-0.3, -0.25) is 4.79 Å².